The normalized spacial score (nSPS) is 11.3. The molecule has 24 heavy (non-hydrogen) atoms. The van der Waals surface area contributed by atoms with Crippen LogP contribution in [0.1, 0.15) is 0 Å². The third kappa shape index (κ3) is 1.99. The van der Waals surface area contributed by atoms with Gasteiger partial charge in [0.15, 0.2) is 0 Å². The smallest absolute Gasteiger partial charge is 0.0702 e. The van der Waals surface area contributed by atoms with Crippen LogP contribution in [0.5, 0.6) is 0 Å². The first-order valence-corrected chi connectivity index (χ1v) is 8.16. The Labute approximate surface area is 140 Å². The summed E-state index contributed by atoms with van der Waals surface area (Å²) in [6.07, 6.45) is 2.00. The number of hydrogen-bond acceptors (Lipinski definition) is 1. The molecule has 5 rings (SSSR count). The predicted octanol–water partition coefficient (Wildman–Crippen LogP) is 6.21. The molecule has 0 amide bonds. The molecule has 0 aliphatic heterocycles. The quantitative estimate of drug-likeness (QED) is 0.336. The Morgan fingerprint density at radius 2 is 1.12 bits per heavy atom. The van der Waals surface area contributed by atoms with Gasteiger partial charge in [-0.1, -0.05) is 66.7 Å². The van der Waals surface area contributed by atoms with E-state index in [1.165, 1.54) is 38.1 Å². The molecule has 0 fully saturated rings. The van der Waals surface area contributed by atoms with Crippen molar-refractivity contribution in [2.45, 2.75) is 0 Å². The van der Waals surface area contributed by atoms with Crippen molar-refractivity contribution < 1.29 is 0 Å². The van der Waals surface area contributed by atoms with Gasteiger partial charge in [-0.15, -0.1) is 0 Å². The molecule has 0 aliphatic carbocycles. The minimum Gasteiger partial charge on any atom is -0.256 e. The molecule has 0 N–H and O–H groups in total. The zero-order valence-electron chi connectivity index (χ0n) is 13.1. The van der Waals surface area contributed by atoms with Crippen molar-refractivity contribution in [1.29, 1.82) is 0 Å². The zero-order chi connectivity index (χ0) is 15.9. The minimum atomic E-state index is 1.03. The molecule has 5 aromatic rings. The average Bonchev–Trinajstić information content (AvgIpc) is 2.65. The van der Waals surface area contributed by atoms with Crippen LogP contribution in [-0.2, 0) is 0 Å². The molecule has 0 atom stereocenters. The van der Waals surface area contributed by atoms with Crippen LogP contribution < -0.4 is 0 Å². The molecule has 0 spiro atoms. The fraction of sp³-hybridized carbons (Fsp3) is 0. The highest BCUT2D eigenvalue weighted by molar-refractivity contribution is 6.13. The van der Waals surface area contributed by atoms with E-state index in [-0.39, 0.29) is 0 Å². The van der Waals surface area contributed by atoms with Crippen LogP contribution in [0.3, 0.4) is 0 Å². The van der Waals surface area contributed by atoms with Crippen LogP contribution in [-0.4, -0.2) is 4.98 Å². The maximum Gasteiger partial charge on any atom is 0.0702 e. The van der Waals surface area contributed by atoms with Gasteiger partial charge in [0.05, 0.1) is 5.52 Å². The number of nitrogens with zero attached hydrogens (tertiary/aromatic N) is 1. The van der Waals surface area contributed by atoms with Gasteiger partial charge in [0.25, 0.3) is 0 Å². The van der Waals surface area contributed by atoms with Crippen molar-refractivity contribution in [2.75, 3.05) is 0 Å². The first-order valence-electron chi connectivity index (χ1n) is 8.16. The zero-order valence-corrected chi connectivity index (χ0v) is 13.1. The van der Waals surface area contributed by atoms with E-state index < -0.39 is 0 Å². The van der Waals surface area contributed by atoms with E-state index in [4.69, 9.17) is 0 Å². The van der Waals surface area contributed by atoms with Crippen LogP contribution in [0.25, 0.3) is 43.6 Å². The molecule has 1 aromatic heterocycles. The summed E-state index contributed by atoms with van der Waals surface area (Å²) in [5.74, 6) is 0. The number of pyridine rings is 1. The lowest BCUT2D eigenvalue weighted by molar-refractivity contribution is 1.41. The monoisotopic (exact) mass is 305 g/mol. The Hall–Kier alpha value is -3.19. The van der Waals surface area contributed by atoms with Crippen LogP contribution >= 0.6 is 0 Å². The molecule has 1 heterocycles. The van der Waals surface area contributed by atoms with Gasteiger partial charge in [-0.25, -0.2) is 0 Å². The van der Waals surface area contributed by atoms with Gasteiger partial charge in [0.1, 0.15) is 0 Å². The molecule has 0 radical (unpaired) electrons. The lowest BCUT2D eigenvalue weighted by Gasteiger charge is -2.12. The number of benzene rings is 4. The van der Waals surface area contributed by atoms with Crippen molar-refractivity contribution >= 4 is 32.4 Å². The highest BCUT2D eigenvalue weighted by atomic mass is 14.6. The van der Waals surface area contributed by atoms with Gasteiger partial charge in [-0.3, -0.25) is 4.98 Å². The van der Waals surface area contributed by atoms with Gasteiger partial charge < -0.3 is 0 Å². The summed E-state index contributed by atoms with van der Waals surface area (Å²) >= 11 is 0. The van der Waals surface area contributed by atoms with E-state index >= 15 is 0 Å². The second kappa shape index (κ2) is 5.17. The Morgan fingerprint density at radius 1 is 0.542 bits per heavy atom. The molecular weight excluding hydrogens is 290 g/mol. The lowest BCUT2D eigenvalue weighted by Crippen LogP contribution is -1.87. The lowest BCUT2D eigenvalue weighted by atomic mass is 9.92. The number of hydrogen-bond donors (Lipinski definition) is 0. The molecule has 1 heteroatoms. The van der Waals surface area contributed by atoms with E-state index in [0.717, 1.165) is 5.52 Å². The van der Waals surface area contributed by atoms with Crippen molar-refractivity contribution in [3.63, 3.8) is 0 Å². The first-order chi connectivity index (χ1) is 11.9. The van der Waals surface area contributed by atoms with Crippen LogP contribution in [0.2, 0.25) is 0 Å². The second-order valence-corrected chi connectivity index (χ2v) is 6.11. The maximum atomic E-state index is 4.67. The van der Waals surface area contributed by atoms with Crippen LogP contribution in [0, 0.1) is 0 Å². The molecule has 0 aliphatic rings. The summed E-state index contributed by atoms with van der Waals surface area (Å²) in [7, 11) is 0. The van der Waals surface area contributed by atoms with Gasteiger partial charge in [0.2, 0.25) is 0 Å². The fourth-order valence-electron chi connectivity index (χ4n) is 3.53. The summed E-state index contributed by atoms with van der Waals surface area (Å²) in [4.78, 5) is 4.67. The van der Waals surface area contributed by atoms with E-state index in [9.17, 15) is 0 Å². The Morgan fingerprint density at radius 3 is 1.83 bits per heavy atom. The summed E-state index contributed by atoms with van der Waals surface area (Å²) in [6, 6.07) is 30.0. The van der Waals surface area contributed by atoms with Crippen molar-refractivity contribution in [3.8, 4) is 11.1 Å². The second-order valence-electron chi connectivity index (χ2n) is 6.11. The number of fused-ring (bicyclic) bond motifs is 3. The standard InChI is InChI=1S/C23H15N/c1-4-10-20-16(7-1)13-17-8-2-5-11-21(17)23(20)19-14-18-9-3-6-12-22(18)24-15-19/h1-15H. The fourth-order valence-corrected chi connectivity index (χ4v) is 3.53. The van der Waals surface area contributed by atoms with E-state index in [0.29, 0.717) is 0 Å². The molecule has 112 valence electrons. The molecule has 0 saturated carbocycles. The highest BCUT2D eigenvalue weighted by Gasteiger charge is 2.10. The number of para-hydroxylation sites is 1. The predicted molar refractivity (Wildman–Crippen MR) is 102 cm³/mol. The Kier molecular flexibility index (Phi) is 2.86. The van der Waals surface area contributed by atoms with Gasteiger partial charge in [-0.2, -0.15) is 0 Å². The highest BCUT2D eigenvalue weighted by Crippen LogP contribution is 2.36. The Bertz CT molecular complexity index is 1150. The molecule has 1 nitrogen and oxygen atoms in total. The van der Waals surface area contributed by atoms with E-state index in [1.54, 1.807) is 0 Å². The maximum absolute atomic E-state index is 4.67. The summed E-state index contributed by atoms with van der Waals surface area (Å²) in [6.45, 7) is 0. The van der Waals surface area contributed by atoms with Crippen molar-refractivity contribution in [1.82, 2.24) is 4.98 Å². The molecule has 0 saturated heterocycles. The third-order valence-electron chi connectivity index (χ3n) is 4.65. The molecular formula is C23H15N. The largest absolute Gasteiger partial charge is 0.256 e. The number of rotatable bonds is 1. The van der Waals surface area contributed by atoms with Crippen molar-refractivity contribution in [2.24, 2.45) is 0 Å². The van der Waals surface area contributed by atoms with Crippen molar-refractivity contribution in [3.05, 3.63) is 91.1 Å². The minimum absolute atomic E-state index is 1.03. The summed E-state index contributed by atoms with van der Waals surface area (Å²) in [5.41, 5.74) is 3.47. The first kappa shape index (κ1) is 13.3. The third-order valence-corrected chi connectivity index (χ3v) is 4.65. The topological polar surface area (TPSA) is 12.9 Å². The summed E-state index contributed by atoms with van der Waals surface area (Å²) < 4.78 is 0. The molecule has 0 bridgehead atoms. The average molecular weight is 305 g/mol. The van der Waals surface area contributed by atoms with Crippen LogP contribution in [0.15, 0.2) is 91.1 Å². The molecule has 4 aromatic carbocycles. The SMILES string of the molecule is c1ccc2ncc(-c3c4ccccc4cc4ccccc34)cc2c1. The van der Waals surface area contributed by atoms with E-state index in [1.807, 2.05) is 12.3 Å². The molecule has 0 unspecified atom stereocenters. The van der Waals surface area contributed by atoms with Crippen LogP contribution in [0.4, 0.5) is 0 Å². The summed E-state index contributed by atoms with van der Waals surface area (Å²) in [5, 5.41) is 6.24. The number of aromatic nitrogens is 1. The van der Waals surface area contributed by atoms with Gasteiger partial charge >= 0.3 is 0 Å². The van der Waals surface area contributed by atoms with Gasteiger partial charge in [-0.05, 0) is 45.3 Å². The van der Waals surface area contributed by atoms with Gasteiger partial charge in [0, 0.05) is 17.1 Å². The Balaban J connectivity index is 1.94. The van der Waals surface area contributed by atoms with E-state index in [2.05, 4.69) is 83.8 Å².